The third kappa shape index (κ3) is 8.79. The van der Waals surface area contributed by atoms with Crippen molar-refractivity contribution in [1.82, 2.24) is 31.1 Å². The van der Waals surface area contributed by atoms with E-state index in [0.29, 0.717) is 31.8 Å². The van der Waals surface area contributed by atoms with Gasteiger partial charge in [0.25, 0.3) is 5.91 Å². The number of amides is 5. The van der Waals surface area contributed by atoms with Gasteiger partial charge in [0.05, 0.1) is 6.04 Å². The minimum absolute atomic E-state index is 0.163. The molecule has 0 aromatic rings. The van der Waals surface area contributed by atoms with Crippen LogP contribution in [-0.2, 0) is 19.2 Å². The van der Waals surface area contributed by atoms with Crippen LogP contribution in [-0.4, -0.2) is 102 Å². The van der Waals surface area contributed by atoms with Crippen molar-refractivity contribution in [3.05, 3.63) is 0 Å². The second-order valence-corrected chi connectivity index (χ2v) is 20.2. The molecule has 5 rings (SSSR count). The van der Waals surface area contributed by atoms with E-state index in [4.69, 9.17) is 5.73 Å². The van der Waals surface area contributed by atoms with E-state index in [1.165, 1.54) is 19.3 Å². The number of primary amides is 1. The molecule has 52 heavy (non-hydrogen) atoms. The number of hydrogen-bond donors (Lipinski definition) is 5. The fraction of sp³-hybridized carbons (Fsp3) is 0.875. The maximum atomic E-state index is 14.9. The second kappa shape index (κ2) is 14.8. The van der Waals surface area contributed by atoms with Gasteiger partial charge in [-0.1, -0.05) is 88.0 Å². The number of nitrogens with one attached hydrogen (secondary N) is 4. The van der Waals surface area contributed by atoms with E-state index >= 15 is 0 Å². The number of rotatable bonds is 13. The molecule has 5 fully saturated rings. The predicted octanol–water partition coefficient (Wildman–Crippen LogP) is 3.72. The van der Waals surface area contributed by atoms with Crippen molar-refractivity contribution in [3.8, 4) is 0 Å². The average molecular weight is 728 g/mol. The highest BCUT2D eigenvalue weighted by Crippen LogP contribution is 2.57. The van der Waals surface area contributed by atoms with Crippen molar-refractivity contribution >= 4 is 29.5 Å². The van der Waals surface area contributed by atoms with Gasteiger partial charge in [-0.25, -0.2) is 4.79 Å². The Morgan fingerprint density at radius 2 is 1.50 bits per heavy atom. The van der Waals surface area contributed by atoms with Gasteiger partial charge in [-0.3, -0.25) is 24.1 Å². The van der Waals surface area contributed by atoms with Crippen LogP contribution in [0, 0.1) is 33.5 Å². The van der Waals surface area contributed by atoms with Crippen molar-refractivity contribution in [2.24, 2.45) is 39.2 Å². The minimum Gasteiger partial charge on any atom is -0.363 e. The summed E-state index contributed by atoms with van der Waals surface area (Å²) in [7, 11) is 0. The number of piperazine rings is 1. The van der Waals surface area contributed by atoms with Crippen LogP contribution in [0.1, 0.15) is 127 Å². The zero-order valence-electron chi connectivity index (χ0n) is 33.6. The zero-order valence-corrected chi connectivity index (χ0v) is 33.6. The first-order valence-electron chi connectivity index (χ1n) is 20.0. The highest BCUT2D eigenvalue weighted by atomic mass is 16.2. The van der Waals surface area contributed by atoms with Gasteiger partial charge < -0.3 is 31.9 Å². The van der Waals surface area contributed by atoms with Gasteiger partial charge in [0, 0.05) is 44.3 Å². The smallest absolute Gasteiger partial charge is 0.315 e. The number of hydrogen-bond acceptors (Lipinski definition) is 7. The van der Waals surface area contributed by atoms with Crippen LogP contribution in [0.2, 0.25) is 0 Å². The van der Waals surface area contributed by atoms with Crippen LogP contribution in [0.25, 0.3) is 0 Å². The first kappa shape index (κ1) is 40.5. The lowest BCUT2D eigenvalue weighted by Gasteiger charge is -2.50. The molecule has 294 valence electrons. The number of nitrogens with two attached hydrogens (primary N) is 1. The van der Waals surface area contributed by atoms with Crippen LogP contribution in [0.15, 0.2) is 0 Å². The van der Waals surface area contributed by atoms with E-state index in [1.54, 1.807) is 4.90 Å². The fourth-order valence-corrected chi connectivity index (χ4v) is 9.00. The molecule has 12 nitrogen and oxygen atoms in total. The van der Waals surface area contributed by atoms with Gasteiger partial charge in [-0.15, -0.1) is 0 Å². The Morgan fingerprint density at radius 3 is 2.00 bits per heavy atom. The van der Waals surface area contributed by atoms with Gasteiger partial charge >= 0.3 is 6.03 Å². The standard InChI is InChI=1S/C40H69N7O5/c1-36(2,3)29(22-46-19-18-42-40(24-46)16-17-40)44-35(52)45-31(37(4,5)6)34(51)47-23-39(9,38(7,8)26-14-11-15-26)21-28(47)33(50)43-27(30(48)32(41)49)20-25-12-10-13-25/h25-29,31,42H,10-24H2,1-9H3,(H2,41,49)(H,43,50)(H2,44,45,52)/t27?,28-,29+,31?,39?/m0/s1. The summed E-state index contributed by atoms with van der Waals surface area (Å²) >= 11 is 0. The molecule has 0 aromatic carbocycles. The van der Waals surface area contributed by atoms with Gasteiger partial charge in [0.15, 0.2) is 0 Å². The van der Waals surface area contributed by atoms with E-state index in [2.05, 4.69) is 67.7 Å². The molecular formula is C40H69N7O5. The van der Waals surface area contributed by atoms with Crippen LogP contribution in [0.4, 0.5) is 4.79 Å². The third-order valence-corrected chi connectivity index (χ3v) is 14.0. The molecule has 12 heteroatoms. The molecule has 2 aliphatic heterocycles. The molecule has 3 unspecified atom stereocenters. The maximum absolute atomic E-state index is 14.9. The Hall–Kier alpha value is -2.73. The van der Waals surface area contributed by atoms with E-state index in [-0.39, 0.29) is 34.2 Å². The van der Waals surface area contributed by atoms with Gasteiger partial charge in [0.1, 0.15) is 12.1 Å². The number of nitrogens with zero attached hydrogens (tertiary/aromatic N) is 2. The van der Waals surface area contributed by atoms with Crippen LogP contribution >= 0.6 is 0 Å². The molecule has 2 saturated heterocycles. The Morgan fingerprint density at radius 1 is 0.865 bits per heavy atom. The van der Waals surface area contributed by atoms with Crippen molar-refractivity contribution in [2.45, 2.75) is 156 Å². The highest BCUT2D eigenvalue weighted by Gasteiger charge is 2.57. The number of Topliss-reactive ketones (excluding diaryl/α,β-unsaturated/α-hetero) is 1. The molecular weight excluding hydrogens is 658 g/mol. The molecule has 3 aliphatic carbocycles. The summed E-state index contributed by atoms with van der Waals surface area (Å²) < 4.78 is 0. The van der Waals surface area contributed by atoms with Crippen LogP contribution in [0.5, 0.6) is 0 Å². The molecule has 0 bridgehead atoms. The number of carbonyl (C=O) groups is 5. The van der Waals surface area contributed by atoms with Crippen molar-refractivity contribution in [1.29, 1.82) is 0 Å². The van der Waals surface area contributed by atoms with Gasteiger partial charge in [0.2, 0.25) is 17.6 Å². The first-order chi connectivity index (χ1) is 24.0. The Balaban J connectivity index is 1.37. The molecule has 6 N–H and O–H groups in total. The summed E-state index contributed by atoms with van der Waals surface area (Å²) in [6.07, 6.45) is 9.46. The Kier molecular flexibility index (Phi) is 11.5. The lowest BCUT2D eigenvalue weighted by molar-refractivity contribution is -0.143. The highest BCUT2D eigenvalue weighted by molar-refractivity contribution is 6.37. The average Bonchev–Trinajstić information content (AvgIpc) is 3.60. The molecule has 5 aliphatic rings. The summed E-state index contributed by atoms with van der Waals surface area (Å²) in [6.45, 7) is 22.7. The molecule has 5 amide bonds. The van der Waals surface area contributed by atoms with Gasteiger partial charge in [-0.2, -0.15) is 0 Å². The summed E-state index contributed by atoms with van der Waals surface area (Å²) in [5.41, 5.74) is 4.17. The summed E-state index contributed by atoms with van der Waals surface area (Å²) in [5, 5.41) is 12.9. The summed E-state index contributed by atoms with van der Waals surface area (Å²) in [6, 6.07) is -3.40. The molecule has 5 atom stereocenters. The number of likely N-dealkylation sites (tertiary alicyclic amines) is 1. The molecule has 3 saturated carbocycles. The van der Waals surface area contributed by atoms with Crippen molar-refractivity contribution in [3.63, 3.8) is 0 Å². The molecule has 0 radical (unpaired) electrons. The van der Waals surface area contributed by atoms with E-state index < -0.39 is 52.6 Å². The summed E-state index contributed by atoms with van der Waals surface area (Å²) in [4.78, 5) is 72.2. The quantitative estimate of drug-likeness (QED) is 0.181. The maximum Gasteiger partial charge on any atom is 0.315 e. The largest absolute Gasteiger partial charge is 0.363 e. The Bertz CT molecular complexity index is 1370. The normalized spacial score (nSPS) is 27.2. The summed E-state index contributed by atoms with van der Waals surface area (Å²) in [5.74, 6) is -1.93. The van der Waals surface area contributed by atoms with E-state index in [9.17, 15) is 24.0 Å². The topological polar surface area (TPSA) is 166 Å². The second-order valence-electron chi connectivity index (χ2n) is 20.2. The third-order valence-electron chi connectivity index (χ3n) is 14.0. The van der Waals surface area contributed by atoms with Gasteiger partial charge in [-0.05, 0) is 72.0 Å². The monoisotopic (exact) mass is 728 g/mol. The number of ketones is 1. The van der Waals surface area contributed by atoms with E-state index in [1.807, 2.05) is 20.8 Å². The van der Waals surface area contributed by atoms with Crippen LogP contribution < -0.4 is 27.0 Å². The first-order valence-corrected chi connectivity index (χ1v) is 20.0. The molecule has 2 heterocycles. The lowest BCUT2D eigenvalue weighted by atomic mass is 9.54. The lowest BCUT2D eigenvalue weighted by Crippen LogP contribution is -2.62. The minimum atomic E-state index is -1.07. The molecule has 0 aromatic heterocycles. The zero-order chi connectivity index (χ0) is 38.4. The molecule has 1 spiro atoms. The SMILES string of the molecule is CC(C)(C)C(NC(=O)N[C@H](CN1CCNC2(CC2)C1)C(C)(C)C)C(=O)N1CC(C)(C(C)(C)C2CCC2)C[C@H]1C(=O)NC(CC1CCC1)C(=O)C(N)=O. The Labute approximate surface area is 312 Å². The van der Waals surface area contributed by atoms with Crippen LogP contribution in [0.3, 0.4) is 0 Å². The fourth-order valence-electron chi connectivity index (χ4n) is 9.00. The number of urea groups is 1. The van der Waals surface area contributed by atoms with Crippen molar-refractivity contribution in [2.75, 3.05) is 32.7 Å². The van der Waals surface area contributed by atoms with Crippen molar-refractivity contribution < 1.29 is 24.0 Å². The predicted molar refractivity (Wildman–Crippen MR) is 202 cm³/mol. The number of carbonyl (C=O) groups excluding carboxylic acids is 5. The van der Waals surface area contributed by atoms with E-state index in [0.717, 1.165) is 51.7 Å².